The van der Waals surface area contributed by atoms with Crippen LogP contribution in [0.4, 0.5) is 0 Å². The number of carboxylic acid groups (broad SMARTS) is 1. The minimum atomic E-state index is -1.10. The Morgan fingerprint density at radius 2 is 2.11 bits per heavy atom. The fourth-order valence-electron chi connectivity index (χ4n) is 2.46. The van der Waals surface area contributed by atoms with Crippen LogP contribution in [0.25, 0.3) is 5.82 Å². The van der Waals surface area contributed by atoms with E-state index in [2.05, 4.69) is 20.1 Å². The Balaban J connectivity index is 1.44. The summed E-state index contributed by atoms with van der Waals surface area (Å²) >= 11 is 0. The molecule has 0 spiro atoms. The molecule has 0 aliphatic heterocycles. The van der Waals surface area contributed by atoms with E-state index in [0.29, 0.717) is 30.3 Å². The number of methoxy groups -OCH3 is 1. The van der Waals surface area contributed by atoms with Gasteiger partial charge in [0.1, 0.15) is 18.4 Å². The minimum Gasteiger partial charge on any atom is -0.494 e. The lowest BCUT2D eigenvalue weighted by atomic mass is 10.1. The highest BCUT2D eigenvalue weighted by atomic mass is 16.5. The molecule has 9 heteroatoms. The van der Waals surface area contributed by atoms with Crippen LogP contribution in [0.2, 0.25) is 0 Å². The first-order valence-electron chi connectivity index (χ1n) is 8.38. The molecule has 3 aromatic heterocycles. The van der Waals surface area contributed by atoms with E-state index in [1.165, 1.54) is 13.4 Å². The predicted molar refractivity (Wildman–Crippen MR) is 95.3 cm³/mol. The van der Waals surface area contributed by atoms with Crippen molar-refractivity contribution in [1.82, 2.24) is 24.7 Å². The number of hydrogen-bond donors (Lipinski definition) is 1. The standard InChI is InChI=1S/C18H19N5O4/c1-26-15-7-5-13(22-17(15)18(24)25)4-2-3-9-27-14-6-8-16(20-10-14)23-12-19-11-21-23/h5-8,10-12H,2-4,9H2,1H3,(H,24,25). The fourth-order valence-corrected chi connectivity index (χ4v) is 2.46. The molecule has 0 saturated heterocycles. The molecule has 1 N–H and O–H groups in total. The number of aryl methyl sites for hydroxylation is 1. The maximum atomic E-state index is 11.2. The quantitative estimate of drug-likeness (QED) is 0.571. The Bertz CT molecular complexity index is 881. The van der Waals surface area contributed by atoms with E-state index in [-0.39, 0.29) is 11.4 Å². The van der Waals surface area contributed by atoms with Crippen molar-refractivity contribution in [3.8, 4) is 17.3 Å². The van der Waals surface area contributed by atoms with Crippen LogP contribution in [0.3, 0.4) is 0 Å². The van der Waals surface area contributed by atoms with Crippen molar-refractivity contribution in [1.29, 1.82) is 0 Å². The van der Waals surface area contributed by atoms with E-state index in [1.807, 2.05) is 6.07 Å². The first-order valence-corrected chi connectivity index (χ1v) is 8.38. The molecule has 0 atom stereocenters. The largest absolute Gasteiger partial charge is 0.494 e. The summed E-state index contributed by atoms with van der Waals surface area (Å²) in [5, 5.41) is 13.2. The molecule has 9 nitrogen and oxygen atoms in total. The normalized spacial score (nSPS) is 10.6. The molecule has 3 aromatic rings. The number of hydrogen-bond acceptors (Lipinski definition) is 7. The number of aromatic carboxylic acids is 1. The second kappa shape index (κ2) is 8.75. The smallest absolute Gasteiger partial charge is 0.358 e. The molecule has 0 aliphatic rings. The molecular formula is C18H19N5O4. The minimum absolute atomic E-state index is 0.0650. The van der Waals surface area contributed by atoms with Crippen molar-refractivity contribution in [2.45, 2.75) is 19.3 Å². The SMILES string of the molecule is COc1ccc(CCCCOc2ccc(-n3cncn3)nc2)nc1C(=O)O. The van der Waals surface area contributed by atoms with E-state index in [4.69, 9.17) is 14.6 Å². The van der Waals surface area contributed by atoms with Crippen LogP contribution in [0.1, 0.15) is 29.0 Å². The molecule has 0 bridgehead atoms. The molecule has 0 radical (unpaired) electrons. The number of unbranched alkanes of at least 4 members (excludes halogenated alkanes) is 1. The average molecular weight is 369 g/mol. The predicted octanol–water partition coefficient (Wildman–Crippen LogP) is 2.17. The lowest BCUT2D eigenvalue weighted by Gasteiger charge is -2.08. The molecule has 0 fully saturated rings. The zero-order chi connectivity index (χ0) is 19.1. The third kappa shape index (κ3) is 4.78. The molecule has 27 heavy (non-hydrogen) atoms. The number of carbonyl (C=O) groups is 1. The second-order valence-corrected chi connectivity index (χ2v) is 5.66. The second-order valence-electron chi connectivity index (χ2n) is 5.66. The van der Waals surface area contributed by atoms with Gasteiger partial charge in [0.05, 0.1) is 19.9 Å². The van der Waals surface area contributed by atoms with Crippen LogP contribution in [-0.2, 0) is 6.42 Å². The number of carboxylic acids is 1. The van der Waals surface area contributed by atoms with E-state index < -0.39 is 5.97 Å². The molecule has 0 unspecified atom stereocenters. The van der Waals surface area contributed by atoms with Crippen molar-refractivity contribution in [3.63, 3.8) is 0 Å². The monoisotopic (exact) mass is 369 g/mol. The third-order valence-electron chi connectivity index (χ3n) is 3.81. The molecule has 140 valence electrons. The summed E-state index contributed by atoms with van der Waals surface area (Å²) in [6, 6.07) is 7.04. The average Bonchev–Trinajstić information content (AvgIpc) is 3.23. The Morgan fingerprint density at radius 1 is 1.22 bits per heavy atom. The molecule has 0 amide bonds. The van der Waals surface area contributed by atoms with Gasteiger partial charge in [-0.3, -0.25) is 0 Å². The maximum absolute atomic E-state index is 11.2. The van der Waals surface area contributed by atoms with E-state index in [1.54, 1.807) is 35.4 Å². The van der Waals surface area contributed by atoms with Gasteiger partial charge in [-0.1, -0.05) is 0 Å². The van der Waals surface area contributed by atoms with Gasteiger partial charge in [0, 0.05) is 5.69 Å². The third-order valence-corrected chi connectivity index (χ3v) is 3.81. The summed E-state index contributed by atoms with van der Waals surface area (Å²) in [7, 11) is 1.42. The van der Waals surface area contributed by atoms with Crippen molar-refractivity contribution >= 4 is 5.97 Å². The van der Waals surface area contributed by atoms with E-state index in [9.17, 15) is 4.79 Å². The molecule has 0 aromatic carbocycles. The van der Waals surface area contributed by atoms with Crippen LogP contribution in [-0.4, -0.2) is 49.5 Å². The summed E-state index contributed by atoms with van der Waals surface area (Å²) < 4.78 is 12.2. The molecule has 0 aliphatic carbocycles. The topological polar surface area (TPSA) is 112 Å². The molecule has 3 heterocycles. The van der Waals surface area contributed by atoms with E-state index >= 15 is 0 Å². The van der Waals surface area contributed by atoms with Gasteiger partial charge in [-0.25, -0.2) is 24.4 Å². The van der Waals surface area contributed by atoms with Gasteiger partial charge in [0.25, 0.3) is 0 Å². The van der Waals surface area contributed by atoms with Gasteiger partial charge in [-0.2, -0.15) is 5.10 Å². The Kier molecular flexibility index (Phi) is 5.93. The Hall–Kier alpha value is -3.49. The summed E-state index contributed by atoms with van der Waals surface area (Å²) in [6.07, 6.45) is 6.96. The van der Waals surface area contributed by atoms with Gasteiger partial charge in [0.15, 0.2) is 17.3 Å². The number of rotatable bonds is 9. The number of nitrogens with zero attached hydrogens (tertiary/aromatic N) is 5. The van der Waals surface area contributed by atoms with Gasteiger partial charge >= 0.3 is 5.97 Å². The molecule has 3 rings (SSSR count). The highest BCUT2D eigenvalue weighted by molar-refractivity contribution is 5.88. The highest BCUT2D eigenvalue weighted by Gasteiger charge is 2.13. The Morgan fingerprint density at radius 3 is 2.78 bits per heavy atom. The van der Waals surface area contributed by atoms with Crippen LogP contribution < -0.4 is 9.47 Å². The lowest BCUT2D eigenvalue weighted by molar-refractivity contribution is 0.0686. The van der Waals surface area contributed by atoms with Gasteiger partial charge in [-0.15, -0.1) is 0 Å². The highest BCUT2D eigenvalue weighted by Crippen LogP contribution is 2.17. The Labute approximate surface area is 155 Å². The van der Waals surface area contributed by atoms with Crippen LogP contribution in [0, 0.1) is 0 Å². The fraction of sp³-hybridized carbons (Fsp3) is 0.278. The van der Waals surface area contributed by atoms with Gasteiger partial charge in [0.2, 0.25) is 0 Å². The first kappa shape index (κ1) is 18.3. The number of ether oxygens (including phenoxy) is 2. The summed E-state index contributed by atoms with van der Waals surface area (Å²) in [6.45, 7) is 0.534. The summed E-state index contributed by atoms with van der Waals surface area (Å²) in [5.74, 6) is 0.504. The van der Waals surface area contributed by atoms with Crippen LogP contribution in [0.5, 0.6) is 11.5 Å². The van der Waals surface area contributed by atoms with Crippen molar-refractivity contribution in [2.24, 2.45) is 0 Å². The maximum Gasteiger partial charge on any atom is 0.358 e. The zero-order valence-electron chi connectivity index (χ0n) is 14.8. The summed E-state index contributed by atoms with van der Waals surface area (Å²) in [4.78, 5) is 23.5. The van der Waals surface area contributed by atoms with Gasteiger partial charge < -0.3 is 14.6 Å². The number of pyridine rings is 2. The van der Waals surface area contributed by atoms with Crippen molar-refractivity contribution in [3.05, 3.63) is 54.5 Å². The zero-order valence-corrected chi connectivity index (χ0v) is 14.8. The first-order chi connectivity index (χ1) is 13.2. The molecular weight excluding hydrogens is 350 g/mol. The van der Waals surface area contributed by atoms with Crippen LogP contribution >= 0.6 is 0 Å². The van der Waals surface area contributed by atoms with Crippen LogP contribution in [0.15, 0.2) is 43.1 Å². The van der Waals surface area contributed by atoms with E-state index in [0.717, 1.165) is 12.8 Å². The van der Waals surface area contributed by atoms with Crippen molar-refractivity contribution < 1.29 is 19.4 Å². The molecule has 0 saturated carbocycles. The summed E-state index contributed by atoms with van der Waals surface area (Å²) in [5.41, 5.74) is 0.650. The number of aromatic nitrogens is 5. The van der Waals surface area contributed by atoms with Gasteiger partial charge in [-0.05, 0) is 43.5 Å². The van der Waals surface area contributed by atoms with Crippen molar-refractivity contribution in [2.75, 3.05) is 13.7 Å². The lowest BCUT2D eigenvalue weighted by Crippen LogP contribution is -2.06.